The van der Waals surface area contributed by atoms with Crippen molar-refractivity contribution >= 4 is 29.5 Å². The normalized spacial score (nSPS) is 21.3. The van der Waals surface area contributed by atoms with Crippen molar-refractivity contribution in [1.82, 2.24) is 4.90 Å². The minimum atomic E-state index is -5.23. The smallest absolute Gasteiger partial charge is 0.422 e. The molecule has 1 unspecified atom stereocenters. The van der Waals surface area contributed by atoms with E-state index in [0.717, 1.165) is 11.8 Å². The molecule has 1 aliphatic rings. The molecule has 1 atom stereocenters. The van der Waals surface area contributed by atoms with E-state index in [2.05, 4.69) is 0 Å². The number of carboxylic acid groups (broad SMARTS) is 1. The third-order valence-corrected chi connectivity index (χ3v) is 3.27. The number of rotatable bonds is 2. The molecule has 1 aliphatic heterocycles. The maximum Gasteiger partial charge on any atom is 0.422 e. The Morgan fingerprint density at radius 3 is 2.00 bits per heavy atom. The van der Waals surface area contributed by atoms with Crippen molar-refractivity contribution in [2.75, 3.05) is 11.5 Å². The van der Waals surface area contributed by atoms with Crippen LogP contribution in [0.15, 0.2) is 0 Å². The van der Waals surface area contributed by atoms with Gasteiger partial charge in [-0.15, -0.1) is 11.8 Å². The van der Waals surface area contributed by atoms with Crippen LogP contribution in [0.1, 0.15) is 6.92 Å². The second-order valence-corrected chi connectivity index (χ2v) is 4.48. The number of alkyl halides is 3. The Hall–Kier alpha value is -1.25. The monoisotopic (exact) mass is 271 g/mol. The molecule has 2 amide bonds. The number of imide groups is 1. The summed E-state index contributed by atoms with van der Waals surface area (Å²) in [6.07, 6.45) is -5.23. The number of halogens is 3. The zero-order chi connectivity index (χ0) is 13.4. The maximum absolute atomic E-state index is 12.8. The van der Waals surface area contributed by atoms with Gasteiger partial charge in [-0.3, -0.25) is 14.5 Å². The summed E-state index contributed by atoms with van der Waals surface area (Å²) in [7, 11) is 0. The first-order chi connectivity index (χ1) is 7.62. The Morgan fingerprint density at radius 2 is 1.71 bits per heavy atom. The minimum Gasteiger partial charge on any atom is -0.479 e. The number of thioether (sulfide) groups is 1. The van der Waals surface area contributed by atoms with Gasteiger partial charge in [0.25, 0.3) is 0 Å². The van der Waals surface area contributed by atoms with Gasteiger partial charge < -0.3 is 5.11 Å². The van der Waals surface area contributed by atoms with E-state index >= 15 is 0 Å². The third kappa shape index (κ3) is 2.11. The van der Waals surface area contributed by atoms with Crippen molar-refractivity contribution in [3.63, 3.8) is 0 Å². The summed E-state index contributed by atoms with van der Waals surface area (Å²) >= 11 is 0.852. The quantitative estimate of drug-likeness (QED) is 0.740. The minimum absolute atomic E-state index is 0.203. The van der Waals surface area contributed by atoms with Crippen LogP contribution in [0.2, 0.25) is 0 Å². The molecule has 0 aromatic heterocycles. The lowest BCUT2D eigenvalue weighted by Gasteiger charge is -2.39. The molecule has 0 saturated carbocycles. The summed E-state index contributed by atoms with van der Waals surface area (Å²) in [5.74, 6) is -5.25. The largest absolute Gasteiger partial charge is 0.479 e. The first-order valence-corrected chi connectivity index (χ1v) is 5.51. The number of nitrogens with zero attached hydrogens (tertiary/aromatic N) is 1. The number of carbonyl (C=O) groups is 3. The topological polar surface area (TPSA) is 74.7 Å². The molecule has 1 fully saturated rings. The Kier molecular flexibility index (Phi) is 3.42. The van der Waals surface area contributed by atoms with Gasteiger partial charge in [-0.05, 0) is 6.92 Å². The van der Waals surface area contributed by atoms with Crippen LogP contribution in [0.3, 0.4) is 0 Å². The van der Waals surface area contributed by atoms with Crippen molar-refractivity contribution < 1.29 is 32.7 Å². The van der Waals surface area contributed by atoms with Gasteiger partial charge in [0, 0.05) is 0 Å². The molecule has 0 radical (unpaired) electrons. The number of amides is 2. The molecule has 96 valence electrons. The molecule has 17 heavy (non-hydrogen) atoms. The molecule has 1 N–H and O–H groups in total. The van der Waals surface area contributed by atoms with Crippen molar-refractivity contribution in [3.8, 4) is 0 Å². The van der Waals surface area contributed by atoms with Crippen molar-refractivity contribution in [1.29, 1.82) is 0 Å². The van der Waals surface area contributed by atoms with Gasteiger partial charge in [0.1, 0.15) is 0 Å². The fraction of sp³-hybridized carbons (Fsp3) is 0.625. The van der Waals surface area contributed by atoms with Crippen molar-refractivity contribution in [2.45, 2.75) is 18.6 Å². The van der Waals surface area contributed by atoms with Gasteiger partial charge in [0.15, 0.2) is 0 Å². The van der Waals surface area contributed by atoms with Crippen molar-refractivity contribution in [3.05, 3.63) is 0 Å². The summed E-state index contributed by atoms with van der Waals surface area (Å²) in [6.45, 7) is 0.307. The Labute approximate surface area is 97.9 Å². The van der Waals surface area contributed by atoms with E-state index < -0.39 is 29.5 Å². The fourth-order valence-electron chi connectivity index (χ4n) is 1.34. The van der Waals surface area contributed by atoms with E-state index in [1.807, 2.05) is 0 Å². The van der Waals surface area contributed by atoms with Crippen LogP contribution in [0.4, 0.5) is 13.2 Å². The average Bonchev–Trinajstić information content (AvgIpc) is 2.14. The lowest BCUT2D eigenvalue weighted by Crippen LogP contribution is -2.67. The van der Waals surface area contributed by atoms with Crippen LogP contribution < -0.4 is 0 Å². The first kappa shape index (κ1) is 13.8. The van der Waals surface area contributed by atoms with Gasteiger partial charge >= 0.3 is 12.1 Å². The van der Waals surface area contributed by atoms with Gasteiger partial charge in [0.2, 0.25) is 17.4 Å². The lowest BCUT2D eigenvalue weighted by molar-refractivity contribution is -0.231. The highest BCUT2D eigenvalue weighted by Crippen LogP contribution is 2.37. The number of hydrogen-bond donors (Lipinski definition) is 1. The lowest BCUT2D eigenvalue weighted by atomic mass is 9.99. The predicted octanol–water partition coefficient (Wildman–Crippen LogP) is 0.494. The molecule has 5 nitrogen and oxygen atoms in total. The SMILES string of the molecule is CC(C(=O)O)(N1C(=O)CSCC1=O)C(F)(F)F. The summed E-state index contributed by atoms with van der Waals surface area (Å²) in [6, 6.07) is 0. The highest BCUT2D eigenvalue weighted by Gasteiger charge is 2.64. The number of aliphatic carboxylic acids is 1. The summed E-state index contributed by atoms with van der Waals surface area (Å²) in [5, 5.41) is 8.68. The number of hydrogen-bond acceptors (Lipinski definition) is 4. The molecular formula is C8H8F3NO4S. The van der Waals surface area contributed by atoms with Crippen LogP contribution in [0.5, 0.6) is 0 Å². The molecule has 0 bridgehead atoms. The maximum atomic E-state index is 12.8. The highest BCUT2D eigenvalue weighted by atomic mass is 32.2. The zero-order valence-electron chi connectivity index (χ0n) is 8.58. The Balaban J connectivity index is 3.28. The summed E-state index contributed by atoms with van der Waals surface area (Å²) in [5.41, 5.74) is -3.51. The molecule has 1 saturated heterocycles. The van der Waals surface area contributed by atoms with Crippen LogP contribution in [-0.2, 0) is 14.4 Å². The third-order valence-electron chi connectivity index (χ3n) is 2.37. The van der Waals surface area contributed by atoms with E-state index in [9.17, 15) is 27.6 Å². The Morgan fingerprint density at radius 1 is 1.29 bits per heavy atom. The number of carboxylic acids is 1. The van der Waals surface area contributed by atoms with Gasteiger partial charge in [-0.25, -0.2) is 4.79 Å². The standard InChI is InChI=1S/C8H8F3NO4S/c1-7(6(15)16,8(9,10)11)12-4(13)2-17-3-5(12)14/h2-3H2,1H3,(H,15,16). The van der Waals surface area contributed by atoms with E-state index in [-0.39, 0.29) is 16.4 Å². The van der Waals surface area contributed by atoms with Crippen molar-refractivity contribution in [2.24, 2.45) is 0 Å². The molecule has 9 heteroatoms. The van der Waals surface area contributed by atoms with E-state index in [0.29, 0.717) is 6.92 Å². The van der Waals surface area contributed by atoms with Gasteiger partial charge in [-0.2, -0.15) is 13.2 Å². The van der Waals surface area contributed by atoms with Gasteiger partial charge in [0.05, 0.1) is 11.5 Å². The molecule has 0 aromatic carbocycles. The summed E-state index contributed by atoms with van der Waals surface area (Å²) in [4.78, 5) is 33.2. The van der Waals surface area contributed by atoms with E-state index in [1.54, 1.807) is 0 Å². The van der Waals surface area contributed by atoms with Crippen LogP contribution >= 0.6 is 11.8 Å². The van der Waals surface area contributed by atoms with E-state index in [1.165, 1.54) is 0 Å². The predicted molar refractivity (Wildman–Crippen MR) is 51.3 cm³/mol. The molecule has 0 aliphatic carbocycles. The molecule has 1 rings (SSSR count). The van der Waals surface area contributed by atoms with Gasteiger partial charge in [-0.1, -0.05) is 0 Å². The second kappa shape index (κ2) is 4.21. The zero-order valence-corrected chi connectivity index (χ0v) is 9.39. The molecule has 0 aromatic rings. The second-order valence-electron chi connectivity index (χ2n) is 3.49. The molecule has 0 spiro atoms. The van der Waals surface area contributed by atoms with Crippen LogP contribution in [0, 0.1) is 0 Å². The number of carbonyl (C=O) groups excluding carboxylic acids is 2. The summed E-state index contributed by atoms with van der Waals surface area (Å²) < 4.78 is 38.3. The van der Waals surface area contributed by atoms with Crippen LogP contribution in [0.25, 0.3) is 0 Å². The molecule has 1 heterocycles. The molecular weight excluding hydrogens is 263 g/mol. The first-order valence-electron chi connectivity index (χ1n) is 4.36. The highest BCUT2D eigenvalue weighted by molar-refractivity contribution is 8.00. The van der Waals surface area contributed by atoms with E-state index in [4.69, 9.17) is 5.11 Å². The fourth-order valence-corrected chi connectivity index (χ4v) is 2.05. The average molecular weight is 271 g/mol. The van der Waals surface area contributed by atoms with Crippen LogP contribution in [-0.4, -0.2) is 51.0 Å². The Bertz CT molecular complexity index is 367.